The van der Waals surface area contributed by atoms with E-state index in [-0.39, 0.29) is 88.5 Å². The van der Waals surface area contributed by atoms with Crippen molar-refractivity contribution in [2.45, 2.75) is 261 Å². The fourth-order valence-electron chi connectivity index (χ4n) is 15.4. The van der Waals surface area contributed by atoms with E-state index in [0.29, 0.717) is 32.1 Å². The average Bonchev–Trinajstić information content (AvgIpc) is 1.76. The van der Waals surface area contributed by atoms with Crippen LogP contribution in [0.15, 0.2) is 0 Å². The van der Waals surface area contributed by atoms with Crippen molar-refractivity contribution >= 4 is 82.5 Å². The van der Waals surface area contributed by atoms with E-state index in [1.165, 1.54) is 105 Å². The molecule has 0 aromatic carbocycles. The first-order chi connectivity index (χ1) is 45.5. The van der Waals surface area contributed by atoms with Gasteiger partial charge in [0.15, 0.2) is 0 Å². The molecule has 2 aliphatic heterocycles. The number of halogens is 4. The first-order valence-corrected chi connectivity index (χ1v) is 35.9. The number of nitrogens with zero attached hydrogens (tertiary/aromatic N) is 8. The lowest BCUT2D eigenvalue weighted by molar-refractivity contribution is -0.182. The summed E-state index contributed by atoms with van der Waals surface area (Å²) in [7, 11) is 11.6. The Morgan fingerprint density at radius 3 is 1.82 bits per heavy atom. The highest BCUT2D eigenvalue weighted by Gasteiger charge is 2.52. The van der Waals surface area contributed by atoms with Gasteiger partial charge >= 0.3 is 6.18 Å². The van der Waals surface area contributed by atoms with E-state index in [9.17, 15) is 61.1 Å². The third-order valence-electron chi connectivity index (χ3n) is 22.2. The number of fused-ring (bicyclic) bond motifs is 1. The van der Waals surface area contributed by atoms with Crippen LogP contribution >= 0.6 is 11.6 Å². The molecule has 548 valence electrons. The maximum absolute atomic E-state index is 15.4. The highest BCUT2D eigenvalue weighted by atomic mass is 35.5. The first kappa shape index (κ1) is 79.7. The number of carbonyl (C=O) groups excluding carboxylic acids is 12. The Morgan fingerprint density at radius 2 is 1.27 bits per heavy atom. The van der Waals surface area contributed by atoms with E-state index in [1.54, 1.807) is 6.92 Å². The third-order valence-corrected chi connectivity index (χ3v) is 22.7. The summed E-state index contributed by atoms with van der Waals surface area (Å²) in [4.78, 5) is 187. The molecule has 4 saturated carbocycles. The summed E-state index contributed by atoms with van der Waals surface area (Å²) in [5.74, 6) is -11.0. The van der Waals surface area contributed by atoms with Crippen LogP contribution in [0.1, 0.15) is 189 Å². The van der Waals surface area contributed by atoms with Crippen molar-refractivity contribution in [1.82, 2.24) is 60.5 Å². The van der Waals surface area contributed by atoms with Crippen molar-refractivity contribution in [3.8, 4) is 0 Å². The van der Waals surface area contributed by atoms with Gasteiger partial charge < -0.3 is 60.5 Å². The minimum Gasteiger partial charge on any atom is -0.347 e. The Hall–Kier alpha value is -6.28. The van der Waals surface area contributed by atoms with Gasteiger partial charge in [0.1, 0.15) is 59.9 Å². The van der Waals surface area contributed by atoms with Crippen molar-refractivity contribution in [3.63, 3.8) is 0 Å². The summed E-state index contributed by atoms with van der Waals surface area (Å²) in [6.45, 7) is 9.79. The quantitative estimate of drug-likeness (QED) is 0.194. The van der Waals surface area contributed by atoms with Gasteiger partial charge in [-0.25, -0.2) is 0 Å². The largest absolute Gasteiger partial charge is 0.393 e. The second kappa shape index (κ2) is 34.7. The highest BCUT2D eigenvalue weighted by Crippen LogP contribution is 2.44. The summed E-state index contributed by atoms with van der Waals surface area (Å²) < 4.78 is 41.8. The summed E-state index contributed by atoms with van der Waals surface area (Å²) in [6, 6.07) is -11.1. The lowest BCUT2D eigenvalue weighted by Gasteiger charge is -2.45. The molecule has 97 heavy (non-hydrogen) atoms. The van der Waals surface area contributed by atoms with E-state index in [4.69, 9.17) is 11.6 Å². The van der Waals surface area contributed by atoms with Gasteiger partial charge in [0, 0.05) is 68.3 Å². The van der Waals surface area contributed by atoms with E-state index in [2.05, 4.69) is 21.3 Å². The smallest absolute Gasteiger partial charge is 0.347 e. The summed E-state index contributed by atoms with van der Waals surface area (Å²) in [6.07, 6.45) is 4.13. The van der Waals surface area contributed by atoms with Crippen molar-refractivity contribution in [3.05, 3.63) is 0 Å². The fourth-order valence-corrected chi connectivity index (χ4v) is 16.0. The number of carbonyl (C=O) groups is 12. The maximum atomic E-state index is 15.4. The topological polar surface area (TPSA) is 279 Å². The van der Waals surface area contributed by atoms with Crippen molar-refractivity contribution in [1.29, 1.82) is 0 Å². The van der Waals surface area contributed by atoms with Crippen LogP contribution in [0.4, 0.5) is 13.2 Å². The Labute approximate surface area is 577 Å². The first-order valence-electron chi connectivity index (χ1n) is 35.5. The SMILES string of the molecule is CC[C@H](C)[C@@H]1NC(=O)[C@H](CC(C)C)N(C)C(=O)C[C@@H](C(=O)N(C)C)N(C)C(=O)[C@H](C2CCCC2)N(C)C(=O)C2(CCCC2)NC(=O)[C@@H](C)NC(=O)[C@H](CCC2CCC(C(F)(F)F)C(Cl)C2)NC(=O)CN(C)C(=O)[C@H](CC2CCCCC2)N(C)C(=O)[C@@H]2CCN2C(=O)[C@H](C)N(C)C1=O. The molecule has 4 aliphatic carbocycles. The molecule has 0 radical (unpaired) electrons. The van der Waals surface area contributed by atoms with E-state index >= 15 is 9.59 Å². The van der Waals surface area contributed by atoms with Crippen LogP contribution in [0.3, 0.4) is 0 Å². The summed E-state index contributed by atoms with van der Waals surface area (Å²) in [5.41, 5.74) is -1.58. The molecule has 2 saturated heterocycles. The lowest BCUT2D eigenvalue weighted by Crippen LogP contribution is -2.65. The fraction of sp³-hybridized carbons (Fsp3) is 0.826. The van der Waals surface area contributed by atoms with Crippen LogP contribution in [0.5, 0.6) is 0 Å². The average molecular weight is 1390 g/mol. The van der Waals surface area contributed by atoms with Gasteiger partial charge in [-0.2, -0.15) is 13.2 Å². The molecule has 12 amide bonds. The summed E-state index contributed by atoms with van der Waals surface area (Å²) >= 11 is 6.35. The number of hydrogen-bond donors (Lipinski definition) is 4. The van der Waals surface area contributed by atoms with Gasteiger partial charge in [0.25, 0.3) is 0 Å². The molecule has 6 fully saturated rings. The zero-order valence-corrected chi connectivity index (χ0v) is 60.7. The molecule has 2 heterocycles. The zero-order valence-electron chi connectivity index (χ0n) is 59.9. The highest BCUT2D eigenvalue weighted by molar-refractivity contribution is 6.21. The van der Waals surface area contributed by atoms with Gasteiger partial charge in [-0.05, 0) is 120 Å². The molecular weight excluding hydrogens is 1280 g/mol. The van der Waals surface area contributed by atoms with Crippen LogP contribution in [0.2, 0.25) is 0 Å². The number of hydrogen-bond acceptors (Lipinski definition) is 12. The lowest BCUT2D eigenvalue weighted by atomic mass is 9.79. The maximum Gasteiger partial charge on any atom is 0.393 e. The van der Waals surface area contributed by atoms with Gasteiger partial charge in [-0.1, -0.05) is 91.9 Å². The van der Waals surface area contributed by atoms with Crippen LogP contribution in [0, 0.1) is 35.5 Å². The van der Waals surface area contributed by atoms with Gasteiger partial charge in [0.2, 0.25) is 70.9 Å². The predicted octanol–water partition coefficient (Wildman–Crippen LogP) is 5.21. The number of likely N-dealkylation sites (N-methyl/N-ethyl adjacent to an activating group) is 7. The molecule has 6 aliphatic rings. The molecule has 13 atom stereocenters. The second-order valence-electron chi connectivity index (χ2n) is 29.7. The Bertz CT molecular complexity index is 2830. The van der Waals surface area contributed by atoms with Crippen molar-refractivity contribution in [2.75, 3.05) is 69.5 Å². The standard InChI is InChI=1S/C69H112ClF3N12O12/c1-15-41(4)56-65(95)80(10)43(6)61(91)85-34-31-50(85)64(94)82(12)52(37-44-23-17-16-18-24-44)63(93)79(9)39-54(86)75-49(30-28-45-27-29-47(48(70)36-45)69(71,72)73)59(89)74-42(5)58(88)77-68(32-21-22-33-68)67(97)84(14)57(46-25-19-20-26-46)66(96)83(13)53(62(92)78(7)8)38-55(87)81(11)51(35-40(2)3)60(90)76-56/h40-53,56-57H,15-39H2,1-14H3,(H,74,89)(H,75,86)(H,76,90)(H,77,88)/t41-,42+,43-,45?,47?,48?,49-,50-,51-,52-,53-,56-,57-/m0/s1. The molecule has 4 N–H and O–H groups in total. The van der Waals surface area contributed by atoms with Gasteiger partial charge in [0.05, 0.1) is 18.9 Å². The molecule has 3 unspecified atom stereocenters. The minimum atomic E-state index is -4.51. The molecule has 6 rings (SSSR count). The van der Waals surface area contributed by atoms with E-state index in [0.717, 1.165) is 49.8 Å². The third kappa shape index (κ3) is 19.6. The monoisotopic (exact) mass is 1390 g/mol. The predicted molar refractivity (Wildman–Crippen MR) is 358 cm³/mol. The zero-order chi connectivity index (χ0) is 72.3. The van der Waals surface area contributed by atoms with Gasteiger partial charge in [-0.3, -0.25) is 57.5 Å². The molecule has 0 aromatic rings. The molecule has 1 spiro atoms. The number of rotatable bonds is 11. The van der Waals surface area contributed by atoms with Crippen LogP contribution in [-0.2, 0) is 57.5 Å². The Kier molecular flexibility index (Phi) is 28.5. The number of alkyl halides is 4. The van der Waals surface area contributed by atoms with Gasteiger partial charge in [-0.15, -0.1) is 11.6 Å². The van der Waals surface area contributed by atoms with Crippen LogP contribution in [0.25, 0.3) is 0 Å². The normalized spacial score (nSPS) is 30.9. The van der Waals surface area contributed by atoms with Crippen molar-refractivity contribution in [2.24, 2.45) is 35.5 Å². The number of amides is 12. The van der Waals surface area contributed by atoms with Crippen LogP contribution in [-0.4, -0.2) is 251 Å². The second-order valence-corrected chi connectivity index (χ2v) is 30.3. The Morgan fingerprint density at radius 1 is 0.649 bits per heavy atom. The minimum absolute atomic E-state index is 0.0139. The Balaban J connectivity index is 1.40. The van der Waals surface area contributed by atoms with Crippen LogP contribution < -0.4 is 21.3 Å². The summed E-state index contributed by atoms with van der Waals surface area (Å²) in [5, 5.41) is 10.0. The molecule has 28 heteroatoms. The van der Waals surface area contributed by atoms with E-state index in [1.807, 2.05) is 20.8 Å². The molecule has 24 nitrogen and oxygen atoms in total. The van der Waals surface area contributed by atoms with Crippen molar-refractivity contribution < 1.29 is 70.7 Å². The molecule has 0 aromatic heterocycles. The molecular formula is C69H112ClF3N12O12. The van der Waals surface area contributed by atoms with E-state index < -0.39 is 173 Å². The number of nitrogens with one attached hydrogen (secondary N) is 4. The molecule has 0 bridgehead atoms.